The van der Waals surface area contributed by atoms with E-state index in [1.807, 2.05) is 42.1 Å². The molecule has 1 atom stereocenters. The van der Waals surface area contributed by atoms with Crippen molar-refractivity contribution in [2.45, 2.75) is 19.9 Å². The van der Waals surface area contributed by atoms with Crippen LogP contribution < -0.4 is 5.32 Å². The standard InChI is InChI=1S/C16H19N5O/c1-10(2)13(15-17-8-9-21(15)3)18-16(22)14-11-6-4-5-7-12(11)19-20-14/h4-10,13H,1-3H3,(H,18,22)(H,19,20). The van der Waals surface area contributed by atoms with Crippen molar-refractivity contribution in [3.8, 4) is 0 Å². The number of imidazole rings is 1. The van der Waals surface area contributed by atoms with Crippen LogP contribution in [0.1, 0.15) is 36.2 Å². The van der Waals surface area contributed by atoms with Gasteiger partial charge in [-0.05, 0) is 12.0 Å². The number of rotatable bonds is 4. The van der Waals surface area contributed by atoms with Crippen molar-refractivity contribution in [2.75, 3.05) is 0 Å². The summed E-state index contributed by atoms with van der Waals surface area (Å²) in [5.41, 5.74) is 1.26. The zero-order valence-corrected chi connectivity index (χ0v) is 12.9. The van der Waals surface area contributed by atoms with Gasteiger partial charge in [0.2, 0.25) is 0 Å². The molecule has 0 spiro atoms. The molecule has 22 heavy (non-hydrogen) atoms. The van der Waals surface area contributed by atoms with Gasteiger partial charge in [-0.25, -0.2) is 4.98 Å². The Labute approximate surface area is 128 Å². The fraction of sp³-hybridized carbons (Fsp3) is 0.312. The Bertz CT molecular complexity index is 802. The van der Waals surface area contributed by atoms with Crippen molar-refractivity contribution in [2.24, 2.45) is 13.0 Å². The molecule has 6 nitrogen and oxygen atoms in total. The summed E-state index contributed by atoms with van der Waals surface area (Å²) in [5, 5.41) is 10.9. The molecule has 0 aliphatic carbocycles. The number of aromatic amines is 1. The molecule has 0 aliphatic rings. The highest BCUT2D eigenvalue weighted by molar-refractivity contribution is 6.04. The van der Waals surface area contributed by atoms with Crippen molar-refractivity contribution in [1.82, 2.24) is 25.1 Å². The Morgan fingerprint density at radius 3 is 2.77 bits per heavy atom. The molecule has 1 aromatic carbocycles. The number of carbonyl (C=O) groups is 1. The van der Waals surface area contributed by atoms with Crippen LogP contribution in [0.4, 0.5) is 0 Å². The number of aryl methyl sites for hydroxylation is 1. The number of hydrogen-bond donors (Lipinski definition) is 2. The Hall–Kier alpha value is -2.63. The summed E-state index contributed by atoms with van der Waals surface area (Å²) in [6, 6.07) is 7.43. The van der Waals surface area contributed by atoms with Gasteiger partial charge in [-0.15, -0.1) is 0 Å². The second-order valence-electron chi connectivity index (χ2n) is 5.71. The van der Waals surface area contributed by atoms with E-state index in [0.717, 1.165) is 16.7 Å². The average Bonchev–Trinajstić information content (AvgIpc) is 3.10. The van der Waals surface area contributed by atoms with E-state index >= 15 is 0 Å². The van der Waals surface area contributed by atoms with Gasteiger partial charge in [0.15, 0.2) is 5.69 Å². The van der Waals surface area contributed by atoms with E-state index in [0.29, 0.717) is 5.69 Å². The smallest absolute Gasteiger partial charge is 0.273 e. The third-order valence-corrected chi connectivity index (χ3v) is 3.78. The van der Waals surface area contributed by atoms with Crippen LogP contribution >= 0.6 is 0 Å². The molecule has 0 fully saturated rings. The zero-order chi connectivity index (χ0) is 15.7. The number of para-hydroxylation sites is 1. The highest BCUT2D eigenvalue weighted by atomic mass is 16.2. The number of nitrogens with one attached hydrogen (secondary N) is 2. The first-order valence-electron chi connectivity index (χ1n) is 7.29. The molecule has 114 valence electrons. The van der Waals surface area contributed by atoms with Crippen molar-refractivity contribution in [3.05, 3.63) is 48.2 Å². The van der Waals surface area contributed by atoms with Gasteiger partial charge in [0.05, 0.1) is 11.6 Å². The number of hydrogen-bond acceptors (Lipinski definition) is 3. The first-order valence-corrected chi connectivity index (χ1v) is 7.29. The van der Waals surface area contributed by atoms with Crippen LogP contribution in [0.3, 0.4) is 0 Å². The molecule has 0 radical (unpaired) electrons. The number of H-pyrrole nitrogens is 1. The SMILES string of the molecule is CC(C)C(NC(=O)c1n[nH]c2ccccc12)c1nccn1C. The summed E-state index contributed by atoms with van der Waals surface area (Å²) in [5.74, 6) is 0.859. The highest BCUT2D eigenvalue weighted by Crippen LogP contribution is 2.21. The van der Waals surface area contributed by atoms with E-state index in [-0.39, 0.29) is 17.9 Å². The average molecular weight is 297 g/mol. The molecule has 2 aromatic heterocycles. The lowest BCUT2D eigenvalue weighted by Crippen LogP contribution is -2.33. The molecular weight excluding hydrogens is 278 g/mol. The molecule has 2 N–H and O–H groups in total. The van der Waals surface area contributed by atoms with Crippen LogP contribution in [0.15, 0.2) is 36.7 Å². The number of carbonyl (C=O) groups excluding carboxylic acids is 1. The lowest BCUT2D eigenvalue weighted by atomic mass is 10.0. The molecule has 1 unspecified atom stereocenters. The van der Waals surface area contributed by atoms with E-state index < -0.39 is 0 Å². The number of fused-ring (bicyclic) bond motifs is 1. The minimum Gasteiger partial charge on any atom is -0.340 e. The third kappa shape index (κ3) is 2.47. The lowest BCUT2D eigenvalue weighted by Gasteiger charge is -2.21. The molecule has 0 bridgehead atoms. The lowest BCUT2D eigenvalue weighted by molar-refractivity contribution is 0.0919. The van der Waals surface area contributed by atoms with Gasteiger partial charge < -0.3 is 9.88 Å². The van der Waals surface area contributed by atoms with Crippen LogP contribution in [-0.4, -0.2) is 25.7 Å². The predicted octanol–water partition coefficient (Wildman–Crippen LogP) is 2.42. The number of aromatic nitrogens is 4. The highest BCUT2D eigenvalue weighted by Gasteiger charge is 2.24. The van der Waals surface area contributed by atoms with E-state index in [1.165, 1.54) is 0 Å². The number of amides is 1. The maximum Gasteiger partial charge on any atom is 0.273 e. The fourth-order valence-electron chi connectivity index (χ4n) is 2.55. The Balaban J connectivity index is 1.90. The first kappa shape index (κ1) is 14.3. The van der Waals surface area contributed by atoms with Gasteiger partial charge in [0, 0.05) is 24.8 Å². The Kier molecular flexibility index (Phi) is 3.66. The maximum absolute atomic E-state index is 12.6. The molecule has 3 rings (SSSR count). The van der Waals surface area contributed by atoms with Crippen LogP contribution in [-0.2, 0) is 7.05 Å². The van der Waals surface area contributed by atoms with Crippen LogP contribution in [0.2, 0.25) is 0 Å². The van der Waals surface area contributed by atoms with Crippen molar-refractivity contribution in [1.29, 1.82) is 0 Å². The minimum absolute atomic E-state index is 0.164. The summed E-state index contributed by atoms with van der Waals surface area (Å²) in [4.78, 5) is 17.0. The molecule has 3 aromatic rings. The van der Waals surface area contributed by atoms with Gasteiger partial charge in [-0.2, -0.15) is 5.10 Å². The topological polar surface area (TPSA) is 75.6 Å². The summed E-state index contributed by atoms with van der Waals surface area (Å²) < 4.78 is 1.92. The van der Waals surface area contributed by atoms with Crippen molar-refractivity contribution >= 4 is 16.8 Å². The van der Waals surface area contributed by atoms with Crippen LogP contribution in [0.25, 0.3) is 10.9 Å². The quantitative estimate of drug-likeness (QED) is 0.776. The maximum atomic E-state index is 12.6. The summed E-state index contributed by atoms with van der Waals surface area (Å²) in [7, 11) is 1.92. The summed E-state index contributed by atoms with van der Waals surface area (Å²) in [6.45, 7) is 4.12. The Morgan fingerprint density at radius 1 is 1.32 bits per heavy atom. The largest absolute Gasteiger partial charge is 0.340 e. The van der Waals surface area contributed by atoms with Crippen molar-refractivity contribution < 1.29 is 4.79 Å². The van der Waals surface area contributed by atoms with Gasteiger partial charge in [-0.3, -0.25) is 9.89 Å². The predicted molar refractivity (Wildman–Crippen MR) is 84.3 cm³/mol. The van der Waals surface area contributed by atoms with Crippen molar-refractivity contribution in [3.63, 3.8) is 0 Å². The molecule has 0 aliphatic heterocycles. The summed E-state index contributed by atoms with van der Waals surface area (Å²) >= 11 is 0. The molecule has 1 amide bonds. The second-order valence-corrected chi connectivity index (χ2v) is 5.71. The van der Waals surface area contributed by atoms with E-state index in [4.69, 9.17) is 0 Å². The van der Waals surface area contributed by atoms with E-state index in [2.05, 4.69) is 34.3 Å². The van der Waals surface area contributed by atoms with Gasteiger partial charge >= 0.3 is 0 Å². The second kappa shape index (κ2) is 5.63. The number of nitrogens with zero attached hydrogens (tertiary/aromatic N) is 3. The zero-order valence-electron chi connectivity index (χ0n) is 12.9. The monoisotopic (exact) mass is 297 g/mol. The summed E-state index contributed by atoms with van der Waals surface area (Å²) in [6.07, 6.45) is 3.61. The number of benzene rings is 1. The van der Waals surface area contributed by atoms with Crippen LogP contribution in [0.5, 0.6) is 0 Å². The molecule has 0 saturated heterocycles. The van der Waals surface area contributed by atoms with Gasteiger partial charge in [0.1, 0.15) is 5.82 Å². The first-order chi connectivity index (χ1) is 10.6. The van der Waals surface area contributed by atoms with E-state index in [9.17, 15) is 4.79 Å². The van der Waals surface area contributed by atoms with Gasteiger partial charge in [0.25, 0.3) is 5.91 Å². The molecular formula is C16H19N5O. The molecule has 2 heterocycles. The van der Waals surface area contributed by atoms with Gasteiger partial charge in [-0.1, -0.05) is 32.0 Å². The molecule has 0 saturated carbocycles. The fourth-order valence-corrected chi connectivity index (χ4v) is 2.55. The normalized spacial score (nSPS) is 12.7. The Morgan fingerprint density at radius 2 is 2.09 bits per heavy atom. The van der Waals surface area contributed by atoms with Crippen LogP contribution in [0, 0.1) is 5.92 Å². The molecule has 6 heteroatoms. The minimum atomic E-state index is -0.195. The van der Waals surface area contributed by atoms with E-state index in [1.54, 1.807) is 6.20 Å². The third-order valence-electron chi connectivity index (χ3n) is 3.78.